The van der Waals surface area contributed by atoms with Crippen LogP contribution in [0.1, 0.15) is 45.5 Å². The maximum absolute atomic E-state index is 11.6. The standard InChI is InChI=1S/C15H24N2O4/c1-15(2,3)14(20)16-8-4-7-13(19)17-10-11(18)12-6-5-9-21-12/h5-6,9,11,18H,4,7-8,10H2,1-3H3,(H,16,20)(H,17,19). The smallest absolute Gasteiger partial charge is 0.225 e. The Morgan fingerprint density at radius 1 is 1.33 bits per heavy atom. The van der Waals surface area contributed by atoms with E-state index in [0.717, 1.165) is 0 Å². The molecule has 0 spiro atoms. The molecule has 1 unspecified atom stereocenters. The highest BCUT2D eigenvalue weighted by Gasteiger charge is 2.20. The van der Waals surface area contributed by atoms with Gasteiger partial charge in [0.15, 0.2) is 0 Å². The molecule has 6 heteroatoms. The van der Waals surface area contributed by atoms with E-state index in [-0.39, 0.29) is 18.4 Å². The van der Waals surface area contributed by atoms with Gasteiger partial charge < -0.3 is 20.2 Å². The highest BCUT2D eigenvalue weighted by molar-refractivity contribution is 5.81. The molecule has 0 aromatic carbocycles. The van der Waals surface area contributed by atoms with Crippen LogP contribution in [0, 0.1) is 5.41 Å². The van der Waals surface area contributed by atoms with Gasteiger partial charge in [0.2, 0.25) is 11.8 Å². The molecular formula is C15H24N2O4. The summed E-state index contributed by atoms with van der Waals surface area (Å²) in [6.45, 7) is 6.09. The van der Waals surface area contributed by atoms with Gasteiger partial charge in [-0.15, -0.1) is 0 Å². The van der Waals surface area contributed by atoms with E-state index in [9.17, 15) is 14.7 Å². The van der Waals surface area contributed by atoms with Gasteiger partial charge in [0.05, 0.1) is 12.8 Å². The van der Waals surface area contributed by atoms with Crippen molar-refractivity contribution in [2.75, 3.05) is 13.1 Å². The quantitative estimate of drug-likeness (QED) is 0.663. The number of hydrogen-bond donors (Lipinski definition) is 3. The lowest BCUT2D eigenvalue weighted by atomic mass is 9.96. The minimum atomic E-state index is -0.843. The molecule has 1 atom stereocenters. The van der Waals surface area contributed by atoms with E-state index < -0.39 is 11.5 Å². The molecule has 21 heavy (non-hydrogen) atoms. The van der Waals surface area contributed by atoms with E-state index >= 15 is 0 Å². The fourth-order valence-corrected chi connectivity index (χ4v) is 1.60. The lowest BCUT2D eigenvalue weighted by Gasteiger charge is -2.17. The highest BCUT2D eigenvalue weighted by Crippen LogP contribution is 2.12. The molecule has 1 heterocycles. The summed E-state index contributed by atoms with van der Waals surface area (Å²) in [5, 5.41) is 15.1. The normalized spacial score (nSPS) is 12.8. The van der Waals surface area contributed by atoms with Gasteiger partial charge in [-0.2, -0.15) is 0 Å². The van der Waals surface area contributed by atoms with Crippen molar-refractivity contribution < 1.29 is 19.1 Å². The lowest BCUT2D eigenvalue weighted by molar-refractivity contribution is -0.128. The molecule has 1 rings (SSSR count). The number of aliphatic hydroxyl groups excluding tert-OH is 1. The maximum Gasteiger partial charge on any atom is 0.225 e. The Morgan fingerprint density at radius 2 is 2.05 bits per heavy atom. The van der Waals surface area contributed by atoms with E-state index in [1.165, 1.54) is 6.26 Å². The van der Waals surface area contributed by atoms with Gasteiger partial charge in [0.1, 0.15) is 11.9 Å². The average Bonchev–Trinajstić information content (AvgIpc) is 2.93. The average molecular weight is 296 g/mol. The zero-order valence-corrected chi connectivity index (χ0v) is 12.8. The molecule has 0 bridgehead atoms. The first-order chi connectivity index (χ1) is 9.80. The van der Waals surface area contributed by atoms with Crippen molar-refractivity contribution in [2.24, 2.45) is 5.41 Å². The van der Waals surface area contributed by atoms with Crippen LogP contribution in [0.15, 0.2) is 22.8 Å². The molecule has 0 fully saturated rings. The fourth-order valence-electron chi connectivity index (χ4n) is 1.60. The molecule has 3 N–H and O–H groups in total. The molecule has 0 saturated heterocycles. The number of rotatable bonds is 7. The van der Waals surface area contributed by atoms with Crippen molar-refractivity contribution in [3.63, 3.8) is 0 Å². The number of carbonyl (C=O) groups is 2. The van der Waals surface area contributed by atoms with Crippen molar-refractivity contribution >= 4 is 11.8 Å². The van der Waals surface area contributed by atoms with Crippen LogP contribution in [0.3, 0.4) is 0 Å². The minimum absolute atomic E-state index is 0.0313. The SMILES string of the molecule is CC(C)(C)C(=O)NCCCC(=O)NCC(O)c1ccco1. The third-order valence-electron chi connectivity index (χ3n) is 2.91. The zero-order chi connectivity index (χ0) is 15.9. The van der Waals surface area contributed by atoms with E-state index in [1.807, 2.05) is 20.8 Å². The predicted octanol–water partition coefficient (Wildman–Crippen LogP) is 1.37. The van der Waals surface area contributed by atoms with Gasteiger partial charge in [-0.25, -0.2) is 0 Å². The molecule has 2 amide bonds. The van der Waals surface area contributed by atoms with Gasteiger partial charge in [0.25, 0.3) is 0 Å². The first-order valence-electron chi connectivity index (χ1n) is 7.07. The third-order valence-corrected chi connectivity index (χ3v) is 2.91. The molecule has 0 radical (unpaired) electrons. The summed E-state index contributed by atoms with van der Waals surface area (Å²) in [4.78, 5) is 23.2. The van der Waals surface area contributed by atoms with Crippen LogP contribution in [0.2, 0.25) is 0 Å². The van der Waals surface area contributed by atoms with Crippen molar-refractivity contribution in [1.29, 1.82) is 0 Å². The highest BCUT2D eigenvalue weighted by atomic mass is 16.4. The largest absolute Gasteiger partial charge is 0.467 e. The molecule has 6 nitrogen and oxygen atoms in total. The van der Waals surface area contributed by atoms with Crippen LogP contribution >= 0.6 is 0 Å². The number of hydrogen-bond acceptors (Lipinski definition) is 4. The molecular weight excluding hydrogens is 272 g/mol. The fraction of sp³-hybridized carbons (Fsp3) is 0.600. The first kappa shape index (κ1) is 17.2. The Balaban J connectivity index is 2.13. The number of carbonyl (C=O) groups excluding carboxylic acids is 2. The van der Waals surface area contributed by atoms with Crippen LogP contribution in [-0.4, -0.2) is 30.0 Å². The van der Waals surface area contributed by atoms with Crippen molar-refractivity contribution in [3.05, 3.63) is 24.2 Å². The first-order valence-corrected chi connectivity index (χ1v) is 7.07. The molecule has 1 aromatic heterocycles. The van der Waals surface area contributed by atoms with Crippen LogP contribution in [0.5, 0.6) is 0 Å². The van der Waals surface area contributed by atoms with Crippen molar-refractivity contribution in [2.45, 2.75) is 39.7 Å². The Morgan fingerprint density at radius 3 is 2.62 bits per heavy atom. The molecule has 0 saturated carbocycles. The summed E-state index contributed by atoms with van der Waals surface area (Å²) in [5.41, 5.74) is -0.421. The second-order valence-corrected chi connectivity index (χ2v) is 5.94. The summed E-state index contributed by atoms with van der Waals surface area (Å²) in [5.74, 6) is 0.231. The zero-order valence-electron chi connectivity index (χ0n) is 12.8. The molecule has 1 aromatic rings. The summed E-state index contributed by atoms with van der Waals surface area (Å²) in [7, 11) is 0. The van der Waals surface area contributed by atoms with Gasteiger partial charge in [-0.05, 0) is 18.6 Å². The number of furan rings is 1. The molecule has 0 aliphatic heterocycles. The summed E-state index contributed by atoms with van der Waals surface area (Å²) < 4.78 is 5.04. The lowest BCUT2D eigenvalue weighted by Crippen LogP contribution is -2.36. The Kier molecular flexibility index (Phi) is 6.42. The number of amides is 2. The van der Waals surface area contributed by atoms with E-state index in [1.54, 1.807) is 12.1 Å². The Bertz CT molecular complexity index is 449. The second kappa shape index (κ2) is 7.83. The van der Waals surface area contributed by atoms with E-state index in [2.05, 4.69) is 10.6 Å². The summed E-state index contributed by atoms with van der Waals surface area (Å²) in [6, 6.07) is 3.33. The Labute approximate surface area is 124 Å². The van der Waals surface area contributed by atoms with Crippen LogP contribution in [0.4, 0.5) is 0 Å². The third kappa shape index (κ3) is 6.44. The Hall–Kier alpha value is -1.82. The summed E-state index contributed by atoms with van der Waals surface area (Å²) in [6.07, 6.45) is 1.49. The topological polar surface area (TPSA) is 91.6 Å². The van der Waals surface area contributed by atoms with Gasteiger partial charge in [0, 0.05) is 18.4 Å². The molecule has 118 valence electrons. The number of nitrogens with one attached hydrogen (secondary N) is 2. The van der Waals surface area contributed by atoms with E-state index in [0.29, 0.717) is 25.1 Å². The molecule has 0 aliphatic carbocycles. The van der Waals surface area contributed by atoms with Crippen molar-refractivity contribution in [1.82, 2.24) is 10.6 Å². The monoisotopic (exact) mass is 296 g/mol. The van der Waals surface area contributed by atoms with E-state index in [4.69, 9.17) is 4.42 Å². The second-order valence-electron chi connectivity index (χ2n) is 5.94. The van der Waals surface area contributed by atoms with Gasteiger partial charge in [-0.3, -0.25) is 9.59 Å². The van der Waals surface area contributed by atoms with Gasteiger partial charge >= 0.3 is 0 Å². The molecule has 0 aliphatic rings. The predicted molar refractivity (Wildman–Crippen MR) is 78.4 cm³/mol. The van der Waals surface area contributed by atoms with Crippen molar-refractivity contribution in [3.8, 4) is 0 Å². The van der Waals surface area contributed by atoms with Gasteiger partial charge in [-0.1, -0.05) is 20.8 Å². The number of aliphatic hydroxyl groups is 1. The summed E-state index contributed by atoms with van der Waals surface area (Å²) >= 11 is 0. The van der Waals surface area contributed by atoms with Crippen LogP contribution in [-0.2, 0) is 9.59 Å². The van der Waals surface area contributed by atoms with Crippen LogP contribution < -0.4 is 10.6 Å². The minimum Gasteiger partial charge on any atom is -0.467 e. The maximum atomic E-state index is 11.6. The van der Waals surface area contributed by atoms with Crippen LogP contribution in [0.25, 0.3) is 0 Å².